The van der Waals surface area contributed by atoms with E-state index in [2.05, 4.69) is 19.1 Å². The van der Waals surface area contributed by atoms with Crippen molar-refractivity contribution < 1.29 is 9.59 Å². The molecule has 0 N–H and O–H groups in total. The Morgan fingerprint density at radius 2 is 2.05 bits per heavy atom. The van der Waals surface area contributed by atoms with Crippen LogP contribution >= 0.6 is 0 Å². The van der Waals surface area contributed by atoms with Crippen molar-refractivity contribution in [3.05, 3.63) is 35.4 Å². The molecule has 0 spiro atoms. The third-order valence-corrected chi connectivity index (χ3v) is 4.47. The number of amides is 2. The van der Waals surface area contributed by atoms with Crippen LogP contribution in [0.4, 0.5) is 0 Å². The summed E-state index contributed by atoms with van der Waals surface area (Å²) in [7, 11) is 0. The Morgan fingerprint density at radius 3 is 2.86 bits per heavy atom. The van der Waals surface area contributed by atoms with Gasteiger partial charge in [-0.15, -0.1) is 0 Å². The molecule has 2 amide bonds. The molecular formula is C17H22N2O2. The maximum atomic E-state index is 12.7. The fourth-order valence-corrected chi connectivity index (χ4v) is 3.37. The maximum absolute atomic E-state index is 12.7. The smallest absolute Gasteiger partial charge is 0.245 e. The third-order valence-electron chi connectivity index (χ3n) is 4.47. The first kappa shape index (κ1) is 14.1. The molecule has 2 heterocycles. The van der Waals surface area contributed by atoms with Crippen LogP contribution in [0, 0.1) is 6.92 Å². The molecule has 0 aromatic heterocycles. The second-order valence-electron chi connectivity index (χ2n) is 6.10. The lowest BCUT2D eigenvalue weighted by molar-refractivity contribution is -0.143. The summed E-state index contributed by atoms with van der Waals surface area (Å²) in [6.07, 6.45) is 3.33. The zero-order chi connectivity index (χ0) is 14.8. The Balaban J connectivity index is 1.79. The van der Waals surface area contributed by atoms with Crippen molar-refractivity contribution in [2.24, 2.45) is 0 Å². The Labute approximate surface area is 125 Å². The molecule has 1 aromatic carbocycles. The van der Waals surface area contributed by atoms with Crippen LogP contribution in [-0.2, 0) is 16.1 Å². The molecule has 4 nitrogen and oxygen atoms in total. The molecule has 112 valence electrons. The van der Waals surface area contributed by atoms with Crippen LogP contribution in [0.15, 0.2) is 24.3 Å². The highest BCUT2D eigenvalue weighted by molar-refractivity contribution is 5.90. The van der Waals surface area contributed by atoms with E-state index in [9.17, 15) is 9.59 Å². The van der Waals surface area contributed by atoms with Gasteiger partial charge in [0.25, 0.3) is 0 Å². The first-order valence-corrected chi connectivity index (χ1v) is 7.79. The minimum Gasteiger partial charge on any atom is -0.336 e. The molecular weight excluding hydrogens is 264 g/mol. The number of fused-ring (bicyclic) bond motifs is 1. The van der Waals surface area contributed by atoms with Crippen LogP contribution in [0.5, 0.6) is 0 Å². The molecule has 2 aliphatic heterocycles. The zero-order valence-electron chi connectivity index (χ0n) is 12.5. The van der Waals surface area contributed by atoms with Crippen LogP contribution in [0.2, 0.25) is 0 Å². The summed E-state index contributed by atoms with van der Waals surface area (Å²) in [5.74, 6) is 0.266. The van der Waals surface area contributed by atoms with Gasteiger partial charge in [-0.1, -0.05) is 29.8 Å². The molecule has 2 aliphatic rings. The van der Waals surface area contributed by atoms with E-state index in [-0.39, 0.29) is 17.9 Å². The van der Waals surface area contributed by atoms with E-state index < -0.39 is 0 Å². The average Bonchev–Trinajstić information content (AvgIpc) is 2.60. The van der Waals surface area contributed by atoms with E-state index in [0.29, 0.717) is 19.5 Å². The SMILES string of the molecule is Cc1cccc(CN2CCC(=O)N3CCCCC3C2=O)c1. The molecule has 4 heteroatoms. The van der Waals surface area contributed by atoms with Crippen LogP contribution in [0.25, 0.3) is 0 Å². The van der Waals surface area contributed by atoms with Crippen molar-refractivity contribution in [2.75, 3.05) is 13.1 Å². The highest BCUT2D eigenvalue weighted by atomic mass is 16.2. The number of hydrogen-bond donors (Lipinski definition) is 0. The van der Waals surface area contributed by atoms with Crippen LogP contribution in [-0.4, -0.2) is 40.7 Å². The summed E-state index contributed by atoms with van der Waals surface area (Å²) in [5, 5.41) is 0. The Bertz CT molecular complexity index is 555. The van der Waals surface area contributed by atoms with E-state index in [4.69, 9.17) is 0 Å². The van der Waals surface area contributed by atoms with Crippen LogP contribution < -0.4 is 0 Å². The quantitative estimate of drug-likeness (QED) is 0.835. The normalized spacial score (nSPS) is 23.0. The van der Waals surface area contributed by atoms with Gasteiger partial charge in [-0.05, 0) is 31.7 Å². The Kier molecular flexibility index (Phi) is 3.95. The molecule has 2 saturated heterocycles. The van der Waals surface area contributed by atoms with Gasteiger partial charge in [0.05, 0.1) is 0 Å². The van der Waals surface area contributed by atoms with E-state index in [1.54, 1.807) is 0 Å². The highest BCUT2D eigenvalue weighted by Gasteiger charge is 2.37. The third kappa shape index (κ3) is 2.94. The number of hydrogen-bond acceptors (Lipinski definition) is 2. The average molecular weight is 286 g/mol. The molecule has 3 rings (SSSR count). The van der Waals surface area contributed by atoms with Gasteiger partial charge in [0, 0.05) is 26.1 Å². The van der Waals surface area contributed by atoms with Crippen molar-refractivity contribution in [3.8, 4) is 0 Å². The first-order chi connectivity index (χ1) is 10.1. The fourth-order valence-electron chi connectivity index (χ4n) is 3.37. The Morgan fingerprint density at radius 1 is 1.19 bits per heavy atom. The van der Waals surface area contributed by atoms with Gasteiger partial charge in [0.1, 0.15) is 6.04 Å². The van der Waals surface area contributed by atoms with Crippen molar-refractivity contribution in [1.82, 2.24) is 9.80 Å². The van der Waals surface area contributed by atoms with E-state index in [1.165, 1.54) is 5.56 Å². The topological polar surface area (TPSA) is 40.6 Å². The second-order valence-corrected chi connectivity index (χ2v) is 6.10. The molecule has 21 heavy (non-hydrogen) atoms. The number of benzene rings is 1. The van der Waals surface area contributed by atoms with Crippen molar-refractivity contribution >= 4 is 11.8 Å². The number of carbonyl (C=O) groups is 2. The number of aryl methyl sites for hydroxylation is 1. The summed E-state index contributed by atoms with van der Waals surface area (Å²) in [4.78, 5) is 28.6. The minimum atomic E-state index is -0.224. The van der Waals surface area contributed by atoms with E-state index in [1.807, 2.05) is 21.9 Å². The van der Waals surface area contributed by atoms with Crippen molar-refractivity contribution in [2.45, 2.75) is 45.2 Å². The molecule has 2 fully saturated rings. The van der Waals surface area contributed by atoms with Gasteiger partial charge in [0.15, 0.2) is 0 Å². The lowest BCUT2D eigenvalue weighted by Gasteiger charge is -2.34. The van der Waals surface area contributed by atoms with Crippen LogP contribution in [0.1, 0.15) is 36.8 Å². The predicted octanol–water partition coefficient (Wildman–Crippen LogP) is 2.11. The van der Waals surface area contributed by atoms with Gasteiger partial charge in [0.2, 0.25) is 11.8 Å². The molecule has 0 bridgehead atoms. The number of carbonyl (C=O) groups excluding carboxylic acids is 2. The fraction of sp³-hybridized carbons (Fsp3) is 0.529. The van der Waals surface area contributed by atoms with Gasteiger partial charge >= 0.3 is 0 Å². The van der Waals surface area contributed by atoms with Crippen molar-refractivity contribution in [1.29, 1.82) is 0 Å². The van der Waals surface area contributed by atoms with Crippen LogP contribution in [0.3, 0.4) is 0 Å². The second kappa shape index (κ2) is 5.88. The lowest BCUT2D eigenvalue weighted by Crippen LogP contribution is -2.49. The summed E-state index contributed by atoms with van der Waals surface area (Å²) >= 11 is 0. The molecule has 0 aliphatic carbocycles. The van der Waals surface area contributed by atoms with Gasteiger partial charge < -0.3 is 9.80 Å². The summed E-state index contributed by atoms with van der Waals surface area (Å²) in [6, 6.07) is 8.01. The number of piperidine rings is 1. The number of nitrogens with zero attached hydrogens (tertiary/aromatic N) is 2. The predicted molar refractivity (Wildman–Crippen MR) is 80.6 cm³/mol. The highest BCUT2D eigenvalue weighted by Crippen LogP contribution is 2.24. The van der Waals surface area contributed by atoms with Gasteiger partial charge in [-0.2, -0.15) is 0 Å². The number of rotatable bonds is 2. The van der Waals surface area contributed by atoms with E-state index >= 15 is 0 Å². The van der Waals surface area contributed by atoms with Crippen molar-refractivity contribution in [3.63, 3.8) is 0 Å². The zero-order valence-corrected chi connectivity index (χ0v) is 12.5. The largest absolute Gasteiger partial charge is 0.336 e. The summed E-state index contributed by atoms with van der Waals surface area (Å²) in [5.41, 5.74) is 2.34. The Hall–Kier alpha value is -1.84. The summed E-state index contributed by atoms with van der Waals surface area (Å²) < 4.78 is 0. The summed E-state index contributed by atoms with van der Waals surface area (Å²) in [6.45, 7) is 3.95. The van der Waals surface area contributed by atoms with Gasteiger partial charge in [-0.3, -0.25) is 9.59 Å². The molecule has 1 aromatic rings. The lowest BCUT2D eigenvalue weighted by atomic mass is 10.0. The molecule has 1 atom stereocenters. The molecule has 0 saturated carbocycles. The minimum absolute atomic E-state index is 0.127. The maximum Gasteiger partial charge on any atom is 0.245 e. The van der Waals surface area contributed by atoms with Gasteiger partial charge in [-0.25, -0.2) is 0 Å². The standard InChI is InChI=1S/C17H22N2O2/c1-13-5-4-6-14(11-13)12-18-10-8-16(20)19-9-3-2-7-15(19)17(18)21/h4-6,11,15H,2-3,7-10,12H2,1H3. The monoisotopic (exact) mass is 286 g/mol. The van der Waals surface area contributed by atoms with E-state index in [0.717, 1.165) is 31.4 Å². The first-order valence-electron chi connectivity index (χ1n) is 7.79. The molecule has 1 unspecified atom stereocenters. The molecule has 0 radical (unpaired) electrons.